The molecule has 22 heavy (non-hydrogen) atoms. The fourth-order valence-electron chi connectivity index (χ4n) is 2.21. The molecule has 1 aromatic carbocycles. The number of carbonyl (C=O) groups is 1. The van der Waals surface area contributed by atoms with Gasteiger partial charge in [0.05, 0.1) is 6.26 Å². The van der Waals surface area contributed by atoms with Gasteiger partial charge in [0.25, 0.3) is 0 Å². The number of rotatable bonds is 7. The summed E-state index contributed by atoms with van der Waals surface area (Å²) >= 11 is 0. The fourth-order valence-corrected chi connectivity index (χ4v) is 3.44. The molecule has 1 aromatic rings. The molecule has 0 aliphatic heterocycles. The van der Waals surface area contributed by atoms with Gasteiger partial charge in [-0.2, -0.15) is 4.31 Å². The molecule has 1 amide bonds. The summed E-state index contributed by atoms with van der Waals surface area (Å²) in [6, 6.07) is 5.74. The molecule has 0 radical (unpaired) electrons. The zero-order valence-corrected chi connectivity index (χ0v) is 14.8. The van der Waals surface area contributed by atoms with Gasteiger partial charge in [0.1, 0.15) is 0 Å². The SMILES string of the molecule is CCC(C)N(CCC(=O)Nc1cc(C)ccc1C)S(C)(=O)=O. The van der Waals surface area contributed by atoms with E-state index in [0.717, 1.165) is 16.8 Å². The van der Waals surface area contributed by atoms with Crippen molar-refractivity contribution in [2.45, 2.75) is 46.6 Å². The largest absolute Gasteiger partial charge is 0.326 e. The molecule has 1 rings (SSSR count). The summed E-state index contributed by atoms with van der Waals surface area (Å²) in [5, 5.41) is 2.85. The molecule has 0 fully saturated rings. The van der Waals surface area contributed by atoms with Gasteiger partial charge in [-0.3, -0.25) is 4.79 Å². The number of amides is 1. The van der Waals surface area contributed by atoms with Gasteiger partial charge >= 0.3 is 0 Å². The molecular formula is C16H26N2O3S. The maximum absolute atomic E-state index is 12.1. The van der Waals surface area contributed by atoms with E-state index in [0.29, 0.717) is 6.42 Å². The van der Waals surface area contributed by atoms with Crippen molar-refractivity contribution in [2.24, 2.45) is 0 Å². The van der Waals surface area contributed by atoms with E-state index in [9.17, 15) is 13.2 Å². The van der Waals surface area contributed by atoms with Crippen LogP contribution in [0.5, 0.6) is 0 Å². The van der Waals surface area contributed by atoms with Gasteiger partial charge in [-0.15, -0.1) is 0 Å². The minimum atomic E-state index is -3.31. The van der Waals surface area contributed by atoms with Crippen LogP contribution in [0.25, 0.3) is 0 Å². The van der Waals surface area contributed by atoms with Crippen LogP contribution < -0.4 is 5.32 Å². The number of anilines is 1. The van der Waals surface area contributed by atoms with E-state index in [2.05, 4.69) is 5.32 Å². The summed E-state index contributed by atoms with van der Waals surface area (Å²) in [5.41, 5.74) is 2.83. The molecule has 0 spiro atoms. The van der Waals surface area contributed by atoms with Crippen LogP contribution in [-0.2, 0) is 14.8 Å². The monoisotopic (exact) mass is 326 g/mol. The molecular weight excluding hydrogens is 300 g/mol. The smallest absolute Gasteiger partial charge is 0.225 e. The Kier molecular flexibility index (Phi) is 6.56. The molecule has 0 saturated carbocycles. The van der Waals surface area contributed by atoms with E-state index in [1.165, 1.54) is 10.6 Å². The average molecular weight is 326 g/mol. The molecule has 6 heteroatoms. The normalized spacial score (nSPS) is 13.2. The number of nitrogens with one attached hydrogen (secondary N) is 1. The lowest BCUT2D eigenvalue weighted by Gasteiger charge is -2.25. The first-order valence-electron chi connectivity index (χ1n) is 7.49. The van der Waals surface area contributed by atoms with E-state index >= 15 is 0 Å². The summed E-state index contributed by atoms with van der Waals surface area (Å²) in [6.45, 7) is 7.87. The van der Waals surface area contributed by atoms with Crippen LogP contribution in [0.15, 0.2) is 18.2 Å². The van der Waals surface area contributed by atoms with Crippen LogP contribution in [0.2, 0.25) is 0 Å². The predicted molar refractivity (Wildman–Crippen MR) is 90.5 cm³/mol. The van der Waals surface area contributed by atoms with Crippen molar-refractivity contribution >= 4 is 21.6 Å². The maximum Gasteiger partial charge on any atom is 0.225 e. The molecule has 1 N–H and O–H groups in total. The summed E-state index contributed by atoms with van der Waals surface area (Å²) in [5.74, 6) is -0.175. The highest BCUT2D eigenvalue weighted by Crippen LogP contribution is 2.17. The van der Waals surface area contributed by atoms with Crippen molar-refractivity contribution in [2.75, 3.05) is 18.1 Å². The summed E-state index contributed by atoms with van der Waals surface area (Å²) in [6.07, 6.45) is 2.04. The second-order valence-electron chi connectivity index (χ2n) is 5.75. The van der Waals surface area contributed by atoms with Gasteiger partial charge < -0.3 is 5.32 Å². The molecule has 0 aromatic heterocycles. The van der Waals surface area contributed by atoms with E-state index in [4.69, 9.17) is 0 Å². The zero-order valence-electron chi connectivity index (χ0n) is 14.0. The number of nitrogens with zero attached hydrogens (tertiary/aromatic N) is 1. The highest BCUT2D eigenvalue weighted by Gasteiger charge is 2.22. The lowest BCUT2D eigenvalue weighted by molar-refractivity contribution is -0.116. The van der Waals surface area contributed by atoms with Gasteiger partial charge in [0.15, 0.2) is 0 Å². The van der Waals surface area contributed by atoms with Crippen LogP contribution in [0.3, 0.4) is 0 Å². The molecule has 0 bridgehead atoms. The second-order valence-corrected chi connectivity index (χ2v) is 7.68. The molecule has 0 heterocycles. The van der Waals surface area contributed by atoms with E-state index in [-0.39, 0.29) is 24.9 Å². The lowest BCUT2D eigenvalue weighted by atomic mass is 10.1. The van der Waals surface area contributed by atoms with Crippen molar-refractivity contribution in [1.29, 1.82) is 0 Å². The Balaban J connectivity index is 2.70. The van der Waals surface area contributed by atoms with Gasteiger partial charge in [0.2, 0.25) is 15.9 Å². The van der Waals surface area contributed by atoms with Gasteiger partial charge in [-0.1, -0.05) is 19.1 Å². The Bertz CT molecular complexity index is 626. The summed E-state index contributed by atoms with van der Waals surface area (Å²) < 4.78 is 25.0. The molecule has 0 aliphatic carbocycles. The first-order valence-corrected chi connectivity index (χ1v) is 9.34. The van der Waals surface area contributed by atoms with Crippen LogP contribution in [-0.4, -0.2) is 37.5 Å². The third-order valence-corrected chi connectivity index (χ3v) is 5.13. The van der Waals surface area contributed by atoms with Crippen molar-refractivity contribution in [3.8, 4) is 0 Å². The van der Waals surface area contributed by atoms with Gasteiger partial charge in [0, 0.05) is 24.7 Å². The van der Waals surface area contributed by atoms with Crippen molar-refractivity contribution < 1.29 is 13.2 Å². The minimum absolute atomic E-state index is 0.108. The van der Waals surface area contributed by atoms with E-state index in [1.54, 1.807) is 0 Å². The van der Waals surface area contributed by atoms with Crippen molar-refractivity contribution in [3.63, 3.8) is 0 Å². The van der Waals surface area contributed by atoms with Gasteiger partial charge in [-0.05, 0) is 44.4 Å². The quantitative estimate of drug-likeness (QED) is 0.838. The number of sulfonamides is 1. The van der Waals surface area contributed by atoms with Crippen LogP contribution >= 0.6 is 0 Å². The fraction of sp³-hybridized carbons (Fsp3) is 0.562. The van der Waals surface area contributed by atoms with E-state index in [1.807, 2.05) is 45.9 Å². The standard InChI is InChI=1S/C16H26N2O3S/c1-6-14(4)18(22(5,20)21)10-9-16(19)17-15-11-12(2)7-8-13(15)3/h7-8,11,14H,6,9-10H2,1-5H3,(H,17,19). The summed E-state index contributed by atoms with van der Waals surface area (Å²) in [7, 11) is -3.31. The highest BCUT2D eigenvalue weighted by molar-refractivity contribution is 7.88. The number of hydrogen-bond donors (Lipinski definition) is 1. The van der Waals surface area contributed by atoms with E-state index < -0.39 is 10.0 Å². The highest BCUT2D eigenvalue weighted by atomic mass is 32.2. The molecule has 124 valence electrons. The van der Waals surface area contributed by atoms with Crippen LogP contribution in [0.1, 0.15) is 37.8 Å². The molecule has 0 aliphatic rings. The van der Waals surface area contributed by atoms with Crippen molar-refractivity contribution in [3.05, 3.63) is 29.3 Å². The Morgan fingerprint density at radius 1 is 1.32 bits per heavy atom. The van der Waals surface area contributed by atoms with Crippen LogP contribution in [0, 0.1) is 13.8 Å². The first-order chi connectivity index (χ1) is 10.1. The molecule has 1 unspecified atom stereocenters. The summed E-state index contributed by atoms with van der Waals surface area (Å²) in [4.78, 5) is 12.1. The third-order valence-electron chi connectivity index (χ3n) is 3.73. The Morgan fingerprint density at radius 2 is 1.95 bits per heavy atom. The zero-order chi connectivity index (χ0) is 16.9. The molecule has 5 nitrogen and oxygen atoms in total. The van der Waals surface area contributed by atoms with Crippen molar-refractivity contribution in [1.82, 2.24) is 4.31 Å². The van der Waals surface area contributed by atoms with Gasteiger partial charge in [-0.25, -0.2) is 8.42 Å². The molecule has 0 saturated heterocycles. The Morgan fingerprint density at radius 3 is 2.50 bits per heavy atom. The lowest BCUT2D eigenvalue weighted by Crippen LogP contribution is -2.39. The van der Waals surface area contributed by atoms with Crippen LogP contribution in [0.4, 0.5) is 5.69 Å². The second kappa shape index (κ2) is 7.74. The molecule has 1 atom stereocenters. The number of aryl methyl sites for hydroxylation is 2. The topological polar surface area (TPSA) is 66.5 Å². The number of hydrogen-bond acceptors (Lipinski definition) is 3. The third kappa shape index (κ3) is 5.42. The number of carbonyl (C=O) groups excluding carboxylic acids is 1. The predicted octanol–water partition coefficient (Wildman–Crippen LogP) is 2.69. The Labute approximate surface area is 133 Å². The average Bonchev–Trinajstić information content (AvgIpc) is 2.41. The number of benzene rings is 1. The minimum Gasteiger partial charge on any atom is -0.326 e. The maximum atomic E-state index is 12.1. The first kappa shape index (κ1) is 18.6. The Hall–Kier alpha value is -1.40.